The molecule has 2 aliphatic carbocycles. The summed E-state index contributed by atoms with van der Waals surface area (Å²) in [4.78, 5) is 1.72. The maximum Gasteiger partial charge on any atom is 0.401 e. The van der Waals surface area contributed by atoms with Gasteiger partial charge in [0.25, 0.3) is 0 Å². The number of nitrogens with one attached hydrogen (secondary N) is 1. The Morgan fingerprint density at radius 1 is 1.05 bits per heavy atom. The lowest BCUT2D eigenvalue weighted by atomic mass is 9.77. The van der Waals surface area contributed by atoms with Crippen LogP contribution in [0.1, 0.15) is 46.5 Å². The molecule has 0 radical (unpaired) electrons. The van der Waals surface area contributed by atoms with Gasteiger partial charge in [-0.25, -0.2) is 0 Å². The second-order valence-electron chi connectivity index (χ2n) is 7.05. The predicted octanol–water partition coefficient (Wildman–Crippen LogP) is 3.18. The molecular weight excluding hydrogens is 253 g/mol. The molecule has 2 rings (SSSR count). The molecule has 19 heavy (non-hydrogen) atoms. The van der Waals surface area contributed by atoms with Crippen LogP contribution in [0, 0.1) is 5.92 Å². The van der Waals surface area contributed by atoms with Gasteiger partial charge in [-0.3, -0.25) is 4.90 Å². The third-order valence-corrected chi connectivity index (χ3v) is 4.08. The summed E-state index contributed by atoms with van der Waals surface area (Å²) in [5.41, 5.74) is 0.0363. The molecule has 0 aliphatic heterocycles. The molecular formula is C14H25F3N2. The summed E-state index contributed by atoms with van der Waals surface area (Å²) < 4.78 is 38.0. The van der Waals surface area contributed by atoms with Crippen LogP contribution >= 0.6 is 0 Å². The predicted molar refractivity (Wildman–Crippen MR) is 70.1 cm³/mol. The first-order valence-electron chi connectivity index (χ1n) is 7.23. The normalized spacial score (nSPS) is 28.6. The molecule has 0 aromatic carbocycles. The molecule has 0 bridgehead atoms. The van der Waals surface area contributed by atoms with E-state index in [4.69, 9.17) is 0 Å². The Hall–Kier alpha value is -0.290. The van der Waals surface area contributed by atoms with Gasteiger partial charge in [0.05, 0.1) is 6.54 Å². The second-order valence-corrected chi connectivity index (χ2v) is 7.05. The minimum atomic E-state index is -4.07. The molecule has 0 aromatic heterocycles. The van der Waals surface area contributed by atoms with E-state index in [9.17, 15) is 13.2 Å². The van der Waals surface area contributed by atoms with Crippen LogP contribution in [0.5, 0.6) is 0 Å². The Morgan fingerprint density at radius 3 is 2.05 bits per heavy atom. The lowest BCUT2D eigenvalue weighted by molar-refractivity contribution is -0.160. The zero-order chi connectivity index (χ0) is 14.3. The van der Waals surface area contributed by atoms with Crippen LogP contribution in [-0.4, -0.2) is 41.8 Å². The number of rotatable bonds is 5. The van der Waals surface area contributed by atoms with Crippen LogP contribution < -0.4 is 5.32 Å². The lowest BCUT2D eigenvalue weighted by Gasteiger charge is -2.46. The van der Waals surface area contributed by atoms with Gasteiger partial charge >= 0.3 is 6.18 Å². The van der Waals surface area contributed by atoms with Crippen LogP contribution in [0.25, 0.3) is 0 Å². The van der Waals surface area contributed by atoms with Crippen molar-refractivity contribution < 1.29 is 13.2 Å². The molecule has 5 heteroatoms. The molecule has 0 heterocycles. The van der Waals surface area contributed by atoms with Gasteiger partial charge in [-0.15, -0.1) is 0 Å². The van der Waals surface area contributed by atoms with Crippen molar-refractivity contribution in [1.82, 2.24) is 10.2 Å². The summed E-state index contributed by atoms with van der Waals surface area (Å²) in [6, 6.07) is 0.313. The highest BCUT2D eigenvalue weighted by Gasteiger charge is 2.46. The van der Waals surface area contributed by atoms with E-state index in [-0.39, 0.29) is 17.6 Å². The first-order chi connectivity index (χ1) is 8.66. The van der Waals surface area contributed by atoms with Gasteiger partial charge in [-0.1, -0.05) is 0 Å². The van der Waals surface area contributed by atoms with Gasteiger partial charge in [0, 0.05) is 17.6 Å². The number of hydrogen-bond donors (Lipinski definition) is 1. The molecule has 0 spiro atoms. The van der Waals surface area contributed by atoms with Crippen LogP contribution in [0.2, 0.25) is 0 Å². The van der Waals surface area contributed by atoms with Crippen molar-refractivity contribution in [3.8, 4) is 0 Å². The summed E-state index contributed by atoms with van der Waals surface area (Å²) in [7, 11) is 0. The van der Waals surface area contributed by atoms with Crippen molar-refractivity contribution in [2.75, 3.05) is 13.1 Å². The summed E-state index contributed by atoms with van der Waals surface area (Å²) >= 11 is 0. The Labute approximate surface area is 113 Å². The largest absolute Gasteiger partial charge is 0.401 e. The standard InChI is InChI=1S/C14H25F3N2/c1-13(2,3)18-8-10-4-7-12(10)19(11-5-6-11)9-14(15,16)17/h10-12,18H,4-9H2,1-3H3. The van der Waals surface area contributed by atoms with Crippen LogP contribution in [0.3, 0.4) is 0 Å². The first-order valence-corrected chi connectivity index (χ1v) is 7.23. The SMILES string of the molecule is CC(C)(C)NCC1CCC1N(CC(F)(F)F)C1CC1. The zero-order valence-corrected chi connectivity index (χ0v) is 12.1. The van der Waals surface area contributed by atoms with Crippen LogP contribution in [0.4, 0.5) is 13.2 Å². The minimum Gasteiger partial charge on any atom is -0.312 e. The Balaban J connectivity index is 1.87. The van der Waals surface area contributed by atoms with E-state index in [0.717, 1.165) is 32.2 Å². The average Bonchev–Trinajstić information content (AvgIpc) is 2.93. The highest BCUT2D eigenvalue weighted by molar-refractivity contribution is 4.98. The molecule has 2 fully saturated rings. The van der Waals surface area contributed by atoms with Crippen molar-refractivity contribution in [3.63, 3.8) is 0 Å². The second kappa shape index (κ2) is 5.24. The molecule has 2 atom stereocenters. The smallest absolute Gasteiger partial charge is 0.312 e. The molecule has 112 valence electrons. The third-order valence-electron chi connectivity index (χ3n) is 4.08. The number of hydrogen-bond acceptors (Lipinski definition) is 2. The van der Waals surface area contributed by atoms with Crippen molar-refractivity contribution >= 4 is 0 Å². The zero-order valence-electron chi connectivity index (χ0n) is 12.1. The molecule has 2 aliphatic rings. The number of alkyl halides is 3. The fourth-order valence-corrected chi connectivity index (χ4v) is 2.79. The Kier molecular flexibility index (Phi) is 4.17. The van der Waals surface area contributed by atoms with Gasteiger partial charge in [-0.2, -0.15) is 13.2 Å². The Bertz CT molecular complexity index is 305. The topological polar surface area (TPSA) is 15.3 Å². The highest BCUT2D eigenvalue weighted by atomic mass is 19.4. The van der Waals surface area contributed by atoms with Crippen molar-refractivity contribution in [3.05, 3.63) is 0 Å². The molecule has 1 N–H and O–H groups in total. The van der Waals surface area contributed by atoms with Crippen LogP contribution in [0.15, 0.2) is 0 Å². The summed E-state index contributed by atoms with van der Waals surface area (Å²) in [5.74, 6) is 0.377. The maximum atomic E-state index is 12.7. The van der Waals surface area contributed by atoms with E-state index in [1.165, 1.54) is 0 Å². The fourth-order valence-electron chi connectivity index (χ4n) is 2.79. The van der Waals surface area contributed by atoms with E-state index in [1.807, 2.05) is 0 Å². The van der Waals surface area contributed by atoms with Gasteiger partial charge < -0.3 is 5.32 Å². The quantitative estimate of drug-likeness (QED) is 0.831. The average molecular weight is 278 g/mol. The van der Waals surface area contributed by atoms with Crippen molar-refractivity contribution in [2.24, 2.45) is 5.92 Å². The van der Waals surface area contributed by atoms with Gasteiger partial charge in [0.2, 0.25) is 0 Å². The van der Waals surface area contributed by atoms with Gasteiger partial charge in [-0.05, 0) is 58.9 Å². The molecule has 0 amide bonds. The lowest BCUT2D eigenvalue weighted by Crippen LogP contribution is -2.55. The maximum absolute atomic E-state index is 12.7. The van der Waals surface area contributed by atoms with E-state index in [1.54, 1.807) is 4.90 Å². The Morgan fingerprint density at radius 2 is 1.68 bits per heavy atom. The molecule has 2 saturated carbocycles. The molecule has 2 nitrogen and oxygen atoms in total. The highest BCUT2D eigenvalue weighted by Crippen LogP contribution is 2.40. The minimum absolute atomic E-state index is 0.0363. The first kappa shape index (κ1) is 15.1. The molecule has 0 saturated heterocycles. The number of nitrogens with zero attached hydrogens (tertiary/aromatic N) is 1. The third kappa shape index (κ3) is 4.63. The summed E-state index contributed by atoms with van der Waals surface area (Å²) in [6.07, 6.45) is -0.226. The van der Waals surface area contributed by atoms with Crippen LogP contribution in [-0.2, 0) is 0 Å². The van der Waals surface area contributed by atoms with Gasteiger partial charge in [0.1, 0.15) is 0 Å². The van der Waals surface area contributed by atoms with E-state index in [2.05, 4.69) is 26.1 Å². The van der Waals surface area contributed by atoms with E-state index >= 15 is 0 Å². The number of halogens is 3. The monoisotopic (exact) mass is 278 g/mol. The molecule has 0 aromatic rings. The molecule has 2 unspecified atom stereocenters. The summed E-state index contributed by atoms with van der Waals surface area (Å²) in [5, 5.41) is 3.42. The van der Waals surface area contributed by atoms with Crippen molar-refractivity contribution in [2.45, 2.75) is 70.3 Å². The fraction of sp³-hybridized carbons (Fsp3) is 1.00. The van der Waals surface area contributed by atoms with Crippen molar-refractivity contribution in [1.29, 1.82) is 0 Å². The van der Waals surface area contributed by atoms with Gasteiger partial charge in [0.15, 0.2) is 0 Å². The van der Waals surface area contributed by atoms with E-state index < -0.39 is 12.7 Å². The van der Waals surface area contributed by atoms with E-state index in [0.29, 0.717) is 5.92 Å². The summed E-state index contributed by atoms with van der Waals surface area (Å²) in [6.45, 7) is 6.38.